The van der Waals surface area contributed by atoms with E-state index in [4.69, 9.17) is 9.15 Å². The molecule has 3 unspecified atom stereocenters. The van der Waals surface area contributed by atoms with Crippen LogP contribution in [0.15, 0.2) is 204 Å². The fourth-order valence-electron chi connectivity index (χ4n) is 10.2. The lowest BCUT2D eigenvalue weighted by Crippen LogP contribution is -2.19. The molecule has 3 aliphatic rings. The van der Waals surface area contributed by atoms with E-state index in [0.29, 0.717) is 0 Å². The first-order chi connectivity index (χ1) is 28.7. The van der Waals surface area contributed by atoms with Crippen molar-refractivity contribution in [2.24, 2.45) is 5.92 Å². The van der Waals surface area contributed by atoms with E-state index in [9.17, 15) is 0 Å². The van der Waals surface area contributed by atoms with Gasteiger partial charge in [-0.3, -0.25) is 0 Å². The molecule has 7 aromatic carbocycles. The van der Waals surface area contributed by atoms with E-state index in [-0.39, 0.29) is 18.1 Å². The number of nitrogens with zero attached hydrogens (tertiary/aromatic N) is 2. The molecule has 4 nitrogen and oxygen atoms in total. The van der Waals surface area contributed by atoms with Crippen molar-refractivity contribution in [1.29, 1.82) is 0 Å². The first-order valence-corrected chi connectivity index (χ1v) is 20.2. The highest BCUT2D eigenvalue weighted by Crippen LogP contribution is 2.46. The summed E-state index contributed by atoms with van der Waals surface area (Å²) in [6, 6.07) is 57.3. The molecule has 3 aromatic heterocycles. The monoisotopic (exact) mass is 744 g/mol. The minimum atomic E-state index is 0.0292. The number of fused-ring (bicyclic) bond motifs is 11. The molecule has 0 saturated carbocycles. The molecule has 0 N–H and O–H groups in total. The Kier molecular flexibility index (Phi) is 6.65. The van der Waals surface area contributed by atoms with E-state index in [1.807, 2.05) is 0 Å². The minimum Gasteiger partial charge on any atom is -0.485 e. The second-order valence-corrected chi connectivity index (χ2v) is 16.0. The van der Waals surface area contributed by atoms with Gasteiger partial charge in [0.1, 0.15) is 23.0 Å². The van der Waals surface area contributed by atoms with E-state index >= 15 is 0 Å². The largest absolute Gasteiger partial charge is 0.485 e. The summed E-state index contributed by atoms with van der Waals surface area (Å²) >= 11 is 0. The molecule has 0 radical (unpaired) electrons. The number of allylic oxidation sites excluding steroid dienone is 4. The van der Waals surface area contributed by atoms with Crippen molar-refractivity contribution in [2.45, 2.75) is 18.6 Å². The predicted octanol–water partition coefficient (Wildman–Crippen LogP) is 13.9. The van der Waals surface area contributed by atoms with Crippen LogP contribution in [0.25, 0.3) is 87.9 Å². The molecule has 0 fully saturated rings. The summed E-state index contributed by atoms with van der Waals surface area (Å²) in [4.78, 5) is 0. The van der Waals surface area contributed by atoms with Crippen LogP contribution in [0.5, 0.6) is 0 Å². The maximum Gasteiger partial charge on any atom is 0.135 e. The number of ether oxygens (including phenoxy) is 1. The van der Waals surface area contributed by atoms with Crippen molar-refractivity contribution in [1.82, 2.24) is 9.13 Å². The summed E-state index contributed by atoms with van der Waals surface area (Å²) in [5, 5.41) is 7.36. The number of benzene rings is 7. The minimum absolute atomic E-state index is 0.0292. The van der Waals surface area contributed by atoms with Crippen LogP contribution in [-0.2, 0) is 4.74 Å². The van der Waals surface area contributed by atoms with Crippen molar-refractivity contribution in [3.8, 4) is 16.8 Å². The van der Waals surface area contributed by atoms with E-state index < -0.39 is 0 Å². The number of para-hydroxylation sites is 4. The van der Waals surface area contributed by atoms with Gasteiger partial charge in [0, 0.05) is 55.0 Å². The van der Waals surface area contributed by atoms with Crippen LogP contribution in [0.4, 0.5) is 0 Å². The molecule has 0 bridgehead atoms. The van der Waals surface area contributed by atoms with Crippen LogP contribution in [0, 0.1) is 5.92 Å². The Morgan fingerprint density at radius 3 is 1.74 bits per heavy atom. The van der Waals surface area contributed by atoms with Crippen molar-refractivity contribution >= 4 is 71.1 Å². The van der Waals surface area contributed by atoms with Gasteiger partial charge in [0.05, 0.1) is 17.1 Å². The highest BCUT2D eigenvalue weighted by Gasteiger charge is 2.38. The van der Waals surface area contributed by atoms with Crippen molar-refractivity contribution in [3.63, 3.8) is 0 Å². The Balaban J connectivity index is 0.816. The van der Waals surface area contributed by atoms with Gasteiger partial charge in [-0.15, -0.1) is 0 Å². The second-order valence-electron chi connectivity index (χ2n) is 16.0. The fourth-order valence-corrected chi connectivity index (χ4v) is 10.2. The molecular formula is C54H36N2O2. The first-order valence-electron chi connectivity index (χ1n) is 20.2. The van der Waals surface area contributed by atoms with Crippen molar-refractivity contribution < 1.29 is 9.15 Å². The maximum absolute atomic E-state index is 6.54. The van der Waals surface area contributed by atoms with Crippen molar-refractivity contribution in [2.75, 3.05) is 0 Å². The van der Waals surface area contributed by atoms with Gasteiger partial charge in [0.2, 0.25) is 0 Å². The lowest BCUT2D eigenvalue weighted by atomic mass is 9.82. The summed E-state index contributed by atoms with van der Waals surface area (Å²) in [7, 11) is 0. The zero-order valence-corrected chi connectivity index (χ0v) is 31.5. The van der Waals surface area contributed by atoms with Crippen LogP contribution in [-0.4, -0.2) is 15.2 Å². The van der Waals surface area contributed by atoms with E-state index in [2.05, 4.69) is 197 Å². The summed E-state index contributed by atoms with van der Waals surface area (Å²) in [5.41, 5.74) is 14.1. The molecule has 0 saturated heterocycles. The Hall–Kier alpha value is -7.30. The smallest absolute Gasteiger partial charge is 0.135 e. The van der Waals surface area contributed by atoms with Gasteiger partial charge >= 0.3 is 0 Å². The van der Waals surface area contributed by atoms with Crippen molar-refractivity contribution in [3.05, 3.63) is 205 Å². The molecule has 0 spiro atoms. The summed E-state index contributed by atoms with van der Waals surface area (Å²) in [5.74, 6) is 1.24. The van der Waals surface area contributed by atoms with Gasteiger partial charge in [-0.05, 0) is 101 Å². The highest BCUT2D eigenvalue weighted by molar-refractivity contribution is 6.11. The molecule has 3 atom stereocenters. The zero-order valence-electron chi connectivity index (χ0n) is 31.5. The second kappa shape index (κ2) is 12.1. The molecule has 10 aromatic rings. The number of aromatic nitrogens is 2. The Morgan fingerprint density at radius 2 is 1.05 bits per heavy atom. The van der Waals surface area contributed by atoms with Crippen LogP contribution in [0.2, 0.25) is 0 Å². The Labute approximate surface area is 334 Å². The number of hydrogen-bond donors (Lipinski definition) is 0. The number of furan rings is 1. The summed E-state index contributed by atoms with van der Waals surface area (Å²) in [6.45, 7) is 0. The molecule has 4 heteroatoms. The van der Waals surface area contributed by atoms with Gasteiger partial charge in [0.15, 0.2) is 0 Å². The molecule has 2 aliphatic carbocycles. The fraction of sp³-hybridized carbons (Fsp3) is 0.0741. The summed E-state index contributed by atoms with van der Waals surface area (Å²) in [6.07, 6.45) is 12.4. The van der Waals surface area contributed by atoms with Gasteiger partial charge in [-0.2, -0.15) is 0 Å². The van der Waals surface area contributed by atoms with E-state index in [1.165, 1.54) is 71.4 Å². The number of hydrogen-bond acceptors (Lipinski definition) is 2. The zero-order chi connectivity index (χ0) is 37.9. The molecule has 0 amide bonds. The lowest BCUT2D eigenvalue weighted by molar-refractivity contribution is 0.174. The SMILES string of the molecule is C1=CC2OC3=C(CC(n4c5ccccc5c5ccccc54)C=C3)C2C=C1c1ccc(-c2ccc3oc4ccc(-n5c6ccccc6c6ccccc65)cc4c3c2)cc1. The quantitative estimate of drug-likeness (QED) is 0.180. The third-order valence-electron chi connectivity index (χ3n) is 12.9. The molecule has 1 aliphatic heterocycles. The predicted molar refractivity (Wildman–Crippen MR) is 238 cm³/mol. The van der Waals surface area contributed by atoms with Crippen LogP contribution in [0.1, 0.15) is 18.0 Å². The lowest BCUT2D eigenvalue weighted by Gasteiger charge is -2.25. The van der Waals surface area contributed by atoms with Gasteiger partial charge in [0.25, 0.3) is 0 Å². The molecule has 4 heterocycles. The molecule has 58 heavy (non-hydrogen) atoms. The average molecular weight is 745 g/mol. The Bertz CT molecular complexity index is 3370. The van der Waals surface area contributed by atoms with Crippen LogP contribution >= 0.6 is 0 Å². The molecule has 274 valence electrons. The topological polar surface area (TPSA) is 32.2 Å². The standard InChI is InChI=1S/C54H36N2O2/c1-5-13-47-39(9-1)40-10-2-6-14-48(40)55(47)37-23-27-53-45(31-37)43-29-35(21-25-51(43)57-53)33-17-19-34(20-18-33)36-22-26-52-44(30-36)46-32-38(24-28-54(46)58-52)56-49-15-7-3-11-41(49)42-12-4-8-16-50(42)56/h1-31,38,44,52H,32H2. The maximum atomic E-state index is 6.54. The highest BCUT2D eigenvalue weighted by atomic mass is 16.5. The van der Waals surface area contributed by atoms with Crippen LogP contribution in [0.3, 0.4) is 0 Å². The number of rotatable bonds is 4. The Morgan fingerprint density at radius 1 is 0.483 bits per heavy atom. The van der Waals surface area contributed by atoms with Gasteiger partial charge in [-0.1, -0.05) is 121 Å². The average Bonchev–Trinajstić information content (AvgIpc) is 4.03. The third-order valence-corrected chi connectivity index (χ3v) is 12.9. The van der Waals surface area contributed by atoms with Gasteiger partial charge in [-0.25, -0.2) is 0 Å². The summed E-state index contributed by atoms with van der Waals surface area (Å²) < 4.78 is 17.8. The molecule has 13 rings (SSSR count). The van der Waals surface area contributed by atoms with E-state index in [1.54, 1.807) is 0 Å². The third kappa shape index (κ3) is 4.63. The normalized spacial score (nSPS) is 18.8. The first kappa shape index (κ1) is 31.9. The van der Waals surface area contributed by atoms with Crippen LogP contribution < -0.4 is 0 Å². The molecular weight excluding hydrogens is 709 g/mol. The van der Waals surface area contributed by atoms with Gasteiger partial charge < -0.3 is 18.3 Å². The van der Waals surface area contributed by atoms with E-state index in [0.717, 1.165) is 39.8 Å².